The van der Waals surface area contributed by atoms with Crippen LogP contribution in [0.4, 0.5) is 0 Å². The van der Waals surface area contributed by atoms with Gasteiger partial charge in [0.15, 0.2) is 0 Å². The Labute approximate surface area is 130 Å². The highest BCUT2D eigenvalue weighted by Gasteiger charge is 2.31. The number of aromatic nitrogens is 1. The van der Waals surface area contributed by atoms with Crippen molar-refractivity contribution in [2.75, 3.05) is 46.1 Å². The number of rotatable bonds is 5. The maximum atomic E-state index is 12.2. The summed E-state index contributed by atoms with van der Waals surface area (Å²) in [5.74, 6) is 0.414. The molecule has 0 bridgehead atoms. The second-order valence-corrected chi connectivity index (χ2v) is 5.79. The zero-order valence-electron chi connectivity index (χ0n) is 12.7. The Bertz CT molecular complexity index is 471. The summed E-state index contributed by atoms with van der Waals surface area (Å²) in [5, 5.41) is 3.06. The number of hydrogen-bond acceptors (Lipinski definition) is 5. The molecule has 3 heterocycles. The molecular formula is C16H23N3O3. The molecule has 0 aromatic carbocycles. The van der Waals surface area contributed by atoms with Gasteiger partial charge in [0.25, 0.3) is 5.91 Å². The van der Waals surface area contributed by atoms with E-state index in [1.54, 1.807) is 24.5 Å². The molecule has 1 amide bonds. The Morgan fingerprint density at radius 1 is 1.36 bits per heavy atom. The molecule has 0 unspecified atom stereocenters. The van der Waals surface area contributed by atoms with E-state index in [-0.39, 0.29) is 5.91 Å². The highest BCUT2D eigenvalue weighted by Crippen LogP contribution is 2.21. The number of morpholine rings is 1. The molecule has 6 nitrogen and oxygen atoms in total. The average molecular weight is 305 g/mol. The molecule has 0 saturated carbocycles. The summed E-state index contributed by atoms with van der Waals surface area (Å²) in [7, 11) is 0. The van der Waals surface area contributed by atoms with Gasteiger partial charge in [-0.25, -0.2) is 0 Å². The van der Waals surface area contributed by atoms with Gasteiger partial charge in [0.1, 0.15) is 0 Å². The molecule has 2 aliphatic rings. The molecule has 0 radical (unpaired) electrons. The minimum absolute atomic E-state index is 0.0646. The summed E-state index contributed by atoms with van der Waals surface area (Å²) in [6, 6.07) is 3.87. The topological polar surface area (TPSA) is 63.7 Å². The summed E-state index contributed by atoms with van der Waals surface area (Å²) < 4.78 is 11.0. The number of nitrogens with one attached hydrogen (secondary N) is 1. The first-order valence-electron chi connectivity index (χ1n) is 7.92. The van der Waals surface area contributed by atoms with Gasteiger partial charge < -0.3 is 14.8 Å². The highest BCUT2D eigenvalue weighted by atomic mass is 16.5. The molecule has 2 aliphatic heterocycles. The third kappa shape index (κ3) is 3.82. The molecule has 0 spiro atoms. The number of carbonyl (C=O) groups is 1. The third-order valence-corrected chi connectivity index (χ3v) is 4.42. The van der Waals surface area contributed by atoms with E-state index in [1.807, 2.05) is 0 Å². The van der Waals surface area contributed by atoms with Crippen molar-refractivity contribution in [3.05, 3.63) is 30.1 Å². The van der Waals surface area contributed by atoms with E-state index in [4.69, 9.17) is 9.47 Å². The summed E-state index contributed by atoms with van der Waals surface area (Å²) in [4.78, 5) is 18.6. The predicted octanol–water partition coefficient (Wildman–Crippen LogP) is 0.549. The standard InChI is InChI=1S/C16H23N3O3/c20-16(13-2-1-4-17-10-13)18-11-15(14-3-7-22-12-14)19-5-8-21-9-6-19/h1-2,4,10,14-15H,3,5-9,11-12H2,(H,18,20)/t14-,15+/m0/s1. The van der Waals surface area contributed by atoms with E-state index in [1.165, 1.54) is 0 Å². The molecule has 2 saturated heterocycles. The fourth-order valence-corrected chi connectivity index (χ4v) is 3.16. The fraction of sp³-hybridized carbons (Fsp3) is 0.625. The Balaban J connectivity index is 1.60. The Morgan fingerprint density at radius 2 is 2.23 bits per heavy atom. The van der Waals surface area contributed by atoms with Crippen LogP contribution in [0, 0.1) is 5.92 Å². The van der Waals surface area contributed by atoms with Gasteiger partial charge in [-0.05, 0) is 18.6 Å². The molecule has 6 heteroatoms. The van der Waals surface area contributed by atoms with Crippen molar-refractivity contribution in [3.63, 3.8) is 0 Å². The molecule has 120 valence electrons. The zero-order chi connectivity index (χ0) is 15.2. The third-order valence-electron chi connectivity index (χ3n) is 4.42. The highest BCUT2D eigenvalue weighted by molar-refractivity contribution is 5.93. The van der Waals surface area contributed by atoms with Crippen LogP contribution in [0.3, 0.4) is 0 Å². The molecule has 1 N–H and O–H groups in total. The minimum atomic E-state index is -0.0646. The van der Waals surface area contributed by atoms with Gasteiger partial charge in [0.2, 0.25) is 0 Å². The van der Waals surface area contributed by atoms with Crippen LogP contribution in [0.1, 0.15) is 16.8 Å². The number of pyridine rings is 1. The lowest BCUT2D eigenvalue weighted by atomic mass is 9.96. The lowest BCUT2D eigenvalue weighted by molar-refractivity contribution is 0.00166. The summed E-state index contributed by atoms with van der Waals surface area (Å²) >= 11 is 0. The maximum Gasteiger partial charge on any atom is 0.252 e. The molecule has 0 aliphatic carbocycles. The number of nitrogens with zero attached hydrogens (tertiary/aromatic N) is 2. The van der Waals surface area contributed by atoms with Crippen molar-refractivity contribution in [2.24, 2.45) is 5.92 Å². The van der Waals surface area contributed by atoms with E-state index < -0.39 is 0 Å². The van der Waals surface area contributed by atoms with Crippen LogP contribution in [0.25, 0.3) is 0 Å². The number of amides is 1. The quantitative estimate of drug-likeness (QED) is 0.861. The van der Waals surface area contributed by atoms with E-state index in [9.17, 15) is 4.79 Å². The van der Waals surface area contributed by atoms with Gasteiger partial charge in [0.05, 0.1) is 25.4 Å². The van der Waals surface area contributed by atoms with Crippen LogP contribution >= 0.6 is 0 Å². The smallest absolute Gasteiger partial charge is 0.252 e. The Morgan fingerprint density at radius 3 is 2.91 bits per heavy atom. The van der Waals surface area contributed by atoms with Crippen molar-refractivity contribution >= 4 is 5.91 Å². The second-order valence-electron chi connectivity index (χ2n) is 5.79. The van der Waals surface area contributed by atoms with E-state index in [0.29, 0.717) is 24.1 Å². The molecule has 1 aromatic rings. The van der Waals surface area contributed by atoms with E-state index in [2.05, 4.69) is 15.2 Å². The van der Waals surface area contributed by atoms with Gasteiger partial charge in [0, 0.05) is 50.6 Å². The van der Waals surface area contributed by atoms with Gasteiger partial charge in [-0.3, -0.25) is 14.7 Å². The maximum absolute atomic E-state index is 12.2. The summed E-state index contributed by atoms with van der Waals surface area (Å²) in [5.41, 5.74) is 0.603. The normalized spacial score (nSPS) is 24.1. The number of carbonyl (C=O) groups excluding carboxylic acids is 1. The molecule has 1 aromatic heterocycles. The van der Waals surface area contributed by atoms with Gasteiger partial charge >= 0.3 is 0 Å². The lowest BCUT2D eigenvalue weighted by Gasteiger charge is -2.37. The Hall–Kier alpha value is -1.50. The van der Waals surface area contributed by atoms with Crippen LogP contribution < -0.4 is 5.32 Å². The molecule has 2 atom stereocenters. The second kappa shape index (κ2) is 7.67. The molecular weight excluding hydrogens is 282 g/mol. The number of ether oxygens (including phenoxy) is 2. The molecule has 22 heavy (non-hydrogen) atoms. The lowest BCUT2D eigenvalue weighted by Crippen LogP contribution is -2.52. The molecule has 3 rings (SSSR count). The van der Waals surface area contributed by atoms with E-state index in [0.717, 1.165) is 45.9 Å². The monoisotopic (exact) mass is 305 g/mol. The van der Waals surface area contributed by atoms with Crippen LogP contribution in [0.2, 0.25) is 0 Å². The molecule has 2 fully saturated rings. The van der Waals surface area contributed by atoms with Crippen LogP contribution in [0.15, 0.2) is 24.5 Å². The summed E-state index contributed by atoms with van der Waals surface area (Å²) in [6.45, 7) is 5.61. The Kier molecular flexibility index (Phi) is 5.37. The van der Waals surface area contributed by atoms with Gasteiger partial charge in [-0.15, -0.1) is 0 Å². The van der Waals surface area contributed by atoms with Crippen molar-refractivity contribution in [1.29, 1.82) is 0 Å². The van der Waals surface area contributed by atoms with Crippen molar-refractivity contribution in [3.8, 4) is 0 Å². The first-order valence-corrected chi connectivity index (χ1v) is 7.92. The van der Waals surface area contributed by atoms with Gasteiger partial charge in [-0.1, -0.05) is 0 Å². The summed E-state index contributed by atoms with van der Waals surface area (Å²) in [6.07, 6.45) is 4.33. The average Bonchev–Trinajstić information content (AvgIpc) is 3.11. The first kappa shape index (κ1) is 15.4. The van der Waals surface area contributed by atoms with Crippen molar-refractivity contribution in [2.45, 2.75) is 12.5 Å². The van der Waals surface area contributed by atoms with Gasteiger partial charge in [-0.2, -0.15) is 0 Å². The minimum Gasteiger partial charge on any atom is -0.381 e. The predicted molar refractivity (Wildman–Crippen MR) is 81.7 cm³/mol. The van der Waals surface area contributed by atoms with E-state index >= 15 is 0 Å². The van der Waals surface area contributed by atoms with Crippen molar-refractivity contribution in [1.82, 2.24) is 15.2 Å². The van der Waals surface area contributed by atoms with Crippen LogP contribution in [0.5, 0.6) is 0 Å². The largest absolute Gasteiger partial charge is 0.381 e. The van der Waals surface area contributed by atoms with Crippen molar-refractivity contribution < 1.29 is 14.3 Å². The number of hydrogen-bond donors (Lipinski definition) is 1. The van der Waals surface area contributed by atoms with Crippen LogP contribution in [-0.4, -0.2) is 67.9 Å². The van der Waals surface area contributed by atoms with Crippen LogP contribution in [-0.2, 0) is 9.47 Å². The first-order chi connectivity index (χ1) is 10.8. The zero-order valence-corrected chi connectivity index (χ0v) is 12.7. The fourth-order valence-electron chi connectivity index (χ4n) is 3.16. The SMILES string of the molecule is O=C(NC[C@H]([C@H]1CCOC1)N1CCOCC1)c1cccnc1.